The van der Waals surface area contributed by atoms with Gasteiger partial charge in [0, 0.05) is 31.5 Å². The number of aromatic nitrogens is 1. The average Bonchev–Trinajstić information content (AvgIpc) is 2.68. The van der Waals surface area contributed by atoms with Crippen LogP contribution in [-0.4, -0.2) is 29.9 Å². The minimum Gasteiger partial charge on any atom is -0.497 e. The zero-order chi connectivity index (χ0) is 18.4. The lowest BCUT2D eigenvalue weighted by atomic mass is 10.2. The van der Waals surface area contributed by atoms with Crippen LogP contribution in [0.15, 0.2) is 73.1 Å². The van der Waals surface area contributed by atoms with Gasteiger partial charge in [0.2, 0.25) is 0 Å². The second kappa shape index (κ2) is 8.16. The van der Waals surface area contributed by atoms with Crippen molar-refractivity contribution in [2.75, 3.05) is 19.5 Å². The maximum Gasteiger partial charge on any atom is 0.255 e. The minimum atomic E-state index is -0.0735. The molecule has 5 nitrogen and oxygen atoms in total. The molecule has 2 aromatic carbocycles. The molecule has 0 unspecified atom stereocenters. The monoisotopic (exact) mass is 347 g/mol. The maximum atomic E-state index is 12.7. The Morgan fingerprint density at radius 3 is 2.62 bits per heavy atom. The molecule has 26 heavy (non-hydrogen) atoms. The number of rotatable bonds is 6. The maximum absolute atomic E-state index is 12.7. The Balaban J connectivity index is 1.72. The fourth-order valence-electron chi connectivity index (χ4n) is 2.64. The van der Waals surface area contributed by atoms with Gasteiger partial charge in [0.15, 0.2) is 0 Å². The van der Waals surface area contributed by atoms with E-state index in [2.05, 4.69) is 10.3 Å². The molecule has 0 atom stereocenters. The second-order valence-corrected chi connectivity index (χ2v) is 5.97. The van der Waals surface area contributed by atoms with Gasteiger partial charge in [-0.3, -0.25) is 9.78 Å². The van der Waals surface area contributed by atoms with Crippen molar-refractivity contribution in [3.05, 3.63) is 84.2 Å². The summed E-state index contributed by atoms with van der Waals surface area (Å²) < 4.78 is 5.23. The lowest BCUT2D eigenvalue weighted by Crippen LogP contribution is -2.26. The molecule has 132 valence electrons. The van der Waals surface area contributed by atoms with Crippen molar-refractivity contribution in [1.82, 2.24) is 9.88 Å². The Morgan fingerprint density at radius 2 is 1.85 bits per heavy atom. The number of anilines is 2. The van der Waals surface area contributed by atoms with Crippen molar-refractivity contribution in [2.45, 2.75) is 6.54 Å². The van der Waals surface area contributed by atoms with E-state index in [1.54, 1.807) is 37.5 Å². The number of carbonyl (C=O) groups is 1. The highest BCUT2D eigenvalue weighted by atomic mass is 16.5. The first-order chi connectivity index (χ1) is 12.7. The van der Waals surface area contributed by atoms with E-state index in [-0.39, 0.29) is 5.91 Å². The highest BCUT2D eigenvalue weighted by Gasteiger charge is 2.13. The molecule has 0 aliphatic rings. The number of nitrogens with zero attached hydrogens (tertiary/aromatic N) is 2. The molecule has 3 rings (SSSR count). The van der Waals surface area contributed by atoms with Crippen LogP contribution in [0.2, 0.25) is 0 Å². The van der Waals surface area contributed by atoms with Gasteiger partial charge in [-0.1, -0.05) is 36.4 Å². The first-order valence-electron chi connectivity index (χ1n) is 8.31. The van der Waals surface area contributed by atoms with Gasteiger partial charge in [-0.2, -0.15) is 0 Å². The summed E-state index contributed by atoms with van der Waals surface area (Å²) in [7, 11) is 3.42. The molecule has 1 heterocycles. The quantitative estimate of drug-likeness (QED) is 0.729. The first kappa shape index (κ1) is 17.5. The second-order valence-electron chi connectivity index (χ2n) is 5.97. The SMILES string of the molecule is COc1cccc(Nc2cncc(C(=O)N(C)Cc3ccccc3)c2)c1. The molecular formula is C21H21N3O2. The molecule has 0 radical (unpaired) electrons. The molecule has 0 spiro atoms. The number of pyridine rings is 1. The number of carbonyl (C=O) groups excluding carboxylic acids is 1. The lowest BCUT2D eigenvalue weighted by Gasteiger charge is -2.17. The average molecular weight is 347 g/mol. The van der Waals surface area contributed by atoms with Gasteiger partial charge in [0.05, 0.1) is 24.6 Å². The van der Waals surface area contributed by atoms with E-state index >= 15 is 0 Å². The predicted molar refractivity (Wildman–Crippen MR) is 103 cm³/mol. The Hall–Kier alpha value is -3.34. The highest BCUT2D eigenvalue weighted by Crippen LogP contribution is 2.21. The fourth-order valence-corrected chi connectivity index (χ4v) is 2.64. The molecule has 5 heteroatoms. The van der Waals surface area contributed by atoms with E-state index in [0.717, 1.165) is 22.7 Å². The van der Waals surface area contributed by atoms with Crippen molar-refractivity contribution in [2.24, 2.45) is 0 Å². The summed E-state index contributed by atoms with van der Waals surface area (Å²) in [5.74, 6) is 0.688. The van der Waals surface area contributed by atoms with Gasteiger partial charge >= 0.3 is 0 Å². The van der Waals surface area contributed by atoms with Crippen molar-refractivity contribution in [3.63, 3.8) is 0 Å². The van der Waals surface area contributed by atoms with E-state index < -0.39 is 0 Å². The van der Waals surface area contributed by atoms with Gasteiger partial charge in [0.1, 0.15) is 5.75 Å². The molecular weight excluding hydrogens is 326 g/mol. The molecule has 0 saturated heterocycles. The largest absolute Gasteiger partial charge is 0.497 e. The Bertz CT molecular complexity index is 881. The third-order valence-electron chi connectivity index (χ3n) is 3.95. The van der Waals surface area contributed by atoms with Crippen LogP contribution in [0.4, 0.5) is 11.4 Å². The van der Waals surface area contributed by atoms with Crippen molar-refractivity contribution >= 4 is 17.3 Å². The Labute approximate surface area is 153 Å². The number of benzene rings is 2. The standard InChI is InChI=1S/C21H21N3O2/c1-24(15-16-7-4-3-5-8-16)21(25)17-11-19(14-22-13-17)23-18-9-6-10-20(12-18)26-2/h3-14,23H,15H2,1-2H3. The molecule has 0 saturated carbocycles. The van der Waals surface area contributed by atoms with Crippen LogP contribution in [0.3, 0.4) is 0 Å². The van der Waals surface area contributed by atoms with Crippen LogP contribution in [0.1, 0.15) is 15.9 Å². The topological polar surface area (TPSA) is 54.5 Å². The molecule has 0 aliphatic carbocycles. The van der Waals surface area contributed by atoms with E-state index in [0.29, 0.717) is 12.1 Å². The third kappa shape index (κ3) is 4.39. The molecule has 3 aromatic rings. The van der Waals surface area contributed by atoms with E-state index in [1.165, 1.54) is 0 Å². The Kier molecular flexibility index (Phi) is 5.49. The van der Waals surface area contributed by atoms with Crippen molar-refractivity contribution in [1.29, 1.82) is 0 Å². The summed E-state index contributed by atoms with van der Waals surface area (Å²) in [6.07, 6.45) is 3.27. The summed E-state index contributed by atoms with van der Waals surface area (Å²) >= 11 is 0. The zero-order valence-electron chi connectivity index (χ0n) is 14.8. The van der Waals surface area contributed by atoms with Gasteiger partial charge < -0.3 is 15.0 Å². The van der Waals surface area contributed by atoms with Crippen molar-refractivity contribution < 1.29 is 9.53 Å². The van der Waals surface area contributed by atoms with E-state index in [9.17, 15) is 4.79 Å². The molecule has 1 N–H and O–H groups in total. The number of hydrogen-bond donors (Lipinski definition) is 1. The number of amides is 1. The number of methoxy groups -OCH3 is 1. The summed E-state index contributed by atoms with van der Waals surface area (Å²) in [5.41, 5.74) is 3.24. The molecule has 0 aliphatic heterocycles. The number of ether oxygens (including phenoxy) is 1. The van der Waals surface area contributed by atoms with Gasteiger partial charge in [-0.25, -0.2) is 0 Å². The summed E-state index contributed by atoms with van der Waals surface area (Å²) in [6, 6.07) is 19.3. The number of hydrogen-bond acceptors (Lipinski definition) is 4. The summed E-state index contributed by atoms with van der Waals surface area (Å²) in [4.78, 5) is 18.6. The minimum absolute atomic E-state index is 0.0735. The lowest BCUT2D eigenvalue weighted by molar-refractivity contribution is 0.0784. The van der Waals surface area contributed by atoms with Crippen LogP contribution in [-0.2, 0) is 6.54 Å². The van der Waals surface area contributed by atoms with E-state index in [4.69, 9.17) is 4.74 Å². The molecule has 0 fully saturated rings. The van der Waals surface area contributed by atoms with Crippen molar-refractivity contribution in [3.8, 4) is 5.75 Å². The number of nitrogens with one attached hydrogen (secondary N) is 1. The van der Waals surface area contributed by atoms with Gasteiger partial charge in [-0.15, -0.1) is 0 Å². The smallest absolute Gasteiger partial charge is 0.255 e. The van der Waals surface area contributed by atoms with Crippen LogP contribution < -0.4 is 10.1 Å². The van der Waals surface area contributed by atoms with Gasteiger partial charge in [-0.05, 0) is 23.8 Å². The zero-order valence-corrected chi connectivity index (χ0v) is 14.8. The first-order valence-corrected chi connectivity index (χ1v) is 8.31. The normalized spacial score (nSPS) is 10.2. The predicted octanol–water partition coefficient (Wildman–Crippen LogP) is 4.11. The van der Waals surface area contributed by atoms with Gasteiger partial charge in [0.25, 0.3) is 5.91 Å². The molecule has 1 aromatic heterocycles. The third-order valence-corrected chi connectivity index (χ3v) is 3.95. The van der Waals surface area contributed by atoms with Crippen LogP contribution in [0.25, 0.3) is 0 Å². The van der Waals surface area contributed by atoms with Crippen LogP contribution in [0, 0.1) is 0 Å². The Morgan fingerprint density at radius 1 is 1.04 bits per heavy atom. The highest BCUT2D eigenvalue weighted by molar-refractivity contribution is 5.94. The molecule has 1 amide bonds. The summed E-state index contributed by atoms with van der Waals surface area (Å²) in [5, 5.41) is 3.25. The van der Waals surface area contributed by atoms with Crippen LogP contribution >= 0.6 is 0 Å². The summed E-state index contributed by atoms with van der Waals surface area (Å²) in [6.45, 7) is 0.549. The fraction of sp³-hybridized carbons (Fsp3) is 0.143. The van der Waals surface area contributed by atoms with E-state index in [1.807, 2.05) is 54.6 Å². The van der Waals surface area contributed by atoms with Crippen LogP contribution in [0.5, 0.6) is 5.75 Å². The molecule has 0 bridgehead atoms.